The lowest BCUT2D eigenvalue weighted by Crippen LogP contribution is -2.24. The molecule has 1 aromatic heterocycles. The van der Waals surface area contributed by atoms with Crippen molar-refractivity contribution in [2.24, 2.45) is 0 Å². The number of rotatable bonds is 6. The summed E-state index contributed by atoms with van der Waals surface area (Å²) in [7, 11) is 1.62. The molecule has 6 nitrogen and oxygen atoms in total. The zero-order valence-corrected chi connectivity index (χ0v) is 12.6. The van der Waals surface area contributed by atoms with Crippen molar-refractivity contribution in [3.05, 3.63) is 34.6 Å². The molecular formula is C13H15BrN4O2. The average Bonchev–Trinajstić information content (AvgIpc) is 2.92. The van der Waals surface area contributed by atoms with Gasteiger partial charge in [0.2, 0.25) is 17.7 Å². The van der Waals surface area contributed by atoms with Gasteiger partial charge in [0.25, 0.3) is 0 Å². The molecule has 0 unspecified atom stereocenters. The standard InChI is InChI=1S/C13H15BrN4O2/c1-15-11(19)6-7-16-8-12-17-18-13(20-12)9-4-2-3-5-10(9)14/h2-5,16H,6-8H2,1H3,(H,15,19). The first kappa shape index (κ1) is 14.7. The quantitative estimate of drug-likeness (QED) is 0.784. The Morgan fingerprint density at radius 3 is 2.90 bits per heavy atom. The molecule has 2 aromatic rings. The van der Waals surface area contributed by atoms with Gasteiger partial charge in [-0.1, -0.05) is 12.1 Å². The maximum Gasteiger partial charge on any atom is 0.248 e. The van der Waals surface area contributed by atoms with Crippen LogP contribution in [0, 0.1) is 0 Å². The Balaban J connectivity index is 1.90. The number of nitrogens with zero attached hydrogens (tertiary/aromatic N) is 2. The third-order valence-corrected chi connectivity index (χ3v) is 3.35. The minimum Gasteiger partial charge on any atom is -0.419 e. The Morgan fingerprint density at radius 1 is 1.35 bits per heavy atom. The summed E-state index contributed by atoms with van der Waals surface area (Å²) in [6.45, 7) is 1.00. The number of carbonyl (C=O) groups is 1. The molecule has 0 atom stereocenters. The lowest BCUT2D eigenvalue weighted by Gasteiger charge is -2.00. The summed E-state index contributed by atoms with van der Waals surface area (Å²) in [5.74, 6) is 0.963. The van der Waals surface area contributed by atoms with Gasteiger partial charge in [0.05, 0.1) is 12.1 Å². The van der Waals surface area contributed by atoms with E-state index in [1.54, 1.807) is 7.05 Å². The van der Waals surface area contributed by atoms with E-state index in [1.165, 1.54) is 0 Å². The Hall–Kier alpha value is -1.73. The summed E-state index contributed by atoms with van der Waals surface area (Å²) in [6, 6.07) is 7.65. The summed E-state index contributed by atoms with van der Waals surface area (Å²) >= 11 is 3.44. The second kappa shape index (κ2) is 7.16. The van der Waals surface area contributed by atoms with Crippen molar-refractivity contribution in [2.75, 3.05) is 13.6 Å². The average molecular weight is 339 g/mol. The highest BCUT2D eigenvalue weighted by Gasteiger charge is 2.10. The van der Waals surface area contributed by atoms with Crippen LogP contribution in [-0.2, 0) is 11.3 Å². The molecule has 0 fully saturated rings. The number of hydrogen-bond acceptors (Lipinski definition) is 5. The fraction of sp³-hybridized carbons (Fsp3) is 0.308. The minimum absolute atomic E-state index is 0.00284. The highest BCUT2D eigenvalue weighted by Crippen LogP contribution is 2.26. The zero-order chi connectivity index (χ0) is 14.4. The summed E-state index contributed by atoms with van der Waals surface area (Å²) in [5.41, 5.74) is 0.858. The van der Waals surface area contributed by atoms with Gasteiger partial charge in [-0.2, -0.15) is 0 Å². The fourth-order valence-electron chi connectivity index (χ4n) is 1.59. The molecule has 0 aliphatic heterocycles. The first-order chi connectivity index (χ1) is 9.70. The Bertz CT molecular complexity index is 585. The van der Waals surface area contributed by atoms with E-state index in [4.69, 9.17) is 4.42 Å². The van der Waals surface area contributed by atoms with Gasteiger partial charge >= 0.3 is 0 Å². The summed E-state index contributed by atoms with van der Waals surface area (Å²) in [5, 5.41) is 13.6. The van der Waals surface area contributed by atoms with E-state index in [9.17, 15) is 4.79 Å². The normalized spacial score (nSPS) is 10.5. The van der Waals surface area contributed by atoms with Crippen LogP contribution in [-0.4, -0.2) is 29.7 Å². The molecule has 106 valence electrons. The zero-order valence-electron chi connectivity index (χ0n) is 11.0. The van der Waals surface area contributed by atoms with E-state index in [0.29, 0.717) is 31.3 Å². The lowest BCUT2D eigenvalue weighted by atomic mass is 10.2. The van der Waals surface area contributed by atoms with Crippen molar-refractivity contribution in [3.8, 4) is 11.5 Å². The van der Waals surface area contributed by atoms with E-state index in [2.05, 4.69) is 36.8 Å². The second-order valence-corrected chi connectivity index (χ2v) is 4.94. The van der Waals surface area contributed by atoms with E-state index < -0.39 is 0 Å². The highest BCUT2D eigenvalue weighted by atomic mass is 79.9. The molecule has 0 bridgehead atoms. The number of nitrogens with one attached hydrogen (secondary N) is 2. The van der Waals surface area contributed by atoms with Crippen molar-refractivity contribution in [3.63, 3.8) is 0 Å². The maximum absolute atomic E-state index is 11.0. The van der Waals surface area contributed by atoms with Gasteiger partial charge in [-0.15, -0.1) is 10.2 Å². The van der Waals surface area contributed by atoms with Crippen LogP contribution < -0.4 is 10.6 Å². The van der Waals surface area contributed by atoms with Crippen LogP contribution in [0.2, 0.25) is 0 Å². The number of carbonyl (C=O) groups excluding carboxylic acids is 1. The third kappa shape index (κ3) is 3.88. The largest absolute Gasteiger partial charge is 0.419 e. The first-order valence-electron chi connectivity index (χ1n) is 6.19. The molecule has 1 amide bonds. The fourth-order valence-corrected chi connectivity index (χ4v) is 2.05. The van der Waals surface area contributed by atoms with Gasteiger partial charge in [-0.25, -0.2) is 0 Å². The molecule has 7 heteroatoms. The summed E-state index contributed by atoms with van der Waals surface area (Å²) in [4.78, 5) is 11.0. The minimum atomic E-state index is -0.00284. The van der Waals surface area contributed by atoms with Crippen LogP contribution >= 0.6 is 15.9 Å². The van der Waals surface area contributed by atoms with Crippen molar-refractivity contribution < 1.29 is 9.21 Å². The molecule has 0 aliphatic rings. The van der Waals surface area contributed by atoms with E-state index in [-0.39, 0.29) is 5.91 Å². The Labute approximate surface area is 125 Å². The highest BCUT2D eigenvalue weighted by molar-refractivity contribution is 9.10. The van der Waals surface area contributed by atoms with Crippen LogP contribution in [0.3, 0.4) is 0 Å². The SMILES string of the molecule is CNC(=O)CCNCc1nnc(-c2ccccc2Br)o1. The topological polar surface area (TPSA) is 80.0 Å². The molecule has 20 heavy (non-hydrogen) atoms. The smallest absolute Gasteiger partial charge is 0.248 e. The van der Waals surface area contributed by atoms with Crippen LogP contribution in [0.5, 0.6) is 0 Å². The van der Waals surface area contributed by atoms with E-state index in [0.717, 1.165) is 10.0 Å². The van der Waals surface area contributed by atoms with Crippen LogP contribution in [0.4, 0.5) is 0 Å². The molecule has 1 heterocycles. The van der Waals surface area contributed by atoms with Crippen LogP contribution in [0.15, 0.2) is 33.2 Å². The number of aromatic nitrogens is 2. The second-order valence-electron chi connectivity index (χ2n) is 4.08. The monoisotopic (exact) mass is 338 g/mol. The molecule has 2 N–H and O–H groups in total. The number of amides is 1. The van der Waals surface area contributed by atoms with Gasteiger partial charge < -0.3 is 15.1 Å². The van der Waals surface area contributed by atoms with Crippen LogP contribution in [0.1, 0.15) is 12.3 Å². The van der Waals surface area contributed by atoms with E-state index in [1.807, 2.05) is 24.3 Å². The van der Waals surface area contributed by atoms with Gasteiger partial charge in [0, 0.05) is 24.5 Å². The number of benzene rings is 1. The van der Waals surface area contributed by atoms with Crippen molar-refractivity contribution >= 4 is 21.8 Å². The molecule has 0 spiro atoms. The predicted octanol–water partition coefficient (Wildman–Crippen LogP) is 1.72. The molecule has 1 aromatic carbocycles. The van der Waals surface area contributed by atoms with Gasteiger partial charge in [0.15, 0.2) is 0 Å². The summed E-state index contributed by atoms with van der Waals surface area (Å²) in [6.07, 6.45) is 0.418. The molecule has 0 saturated heterocycles. The Kier molecular flexibility index (Phi) is 5.25. The van der Waals surface area contributed by atoms with Crippen molar-refractivity contribution in [2.45, 2.75) is 13.0 Å². The van der Waals surface area contributed by atoms with Crippen LogP contribution in [0.25, 0.3) is 11.5 Å². The Morgan fingerprint density at radius 2 is 2.15 bits per heavy atom. The number of hydrogen-bond donors (Lipinski definition) is 2. The van der Waals surface area contributed by atoms with Crippen molar-refractivity contribution in [1.82, 2.24) is 20.8 Å². The van der Waals surface area contributed by atoms with Gasteiger partial charge in [0.1, 0.15) is 0 Å². The third-order valence-electron chi connectivity index (χ3n) is 2.66. The molecule has 2 rings (SSSR count). The molecule has 0 saturated carbocycles. The maximum atomic E-state index is 11.0. The van der Waals surface area contributed by atoms with Crippen molar-refractivity contribution in [1.29, 1.82) is 0 Å². The van der Waals surface area contributed by atoms with E-state index >= 15 is 0 Å². The molecular weight excluding hydrogens is 324 g/mol. The number of halogens is 1. The lowest BCUT2D eigenvalue weighted by molar-refractivity contribution is -0.120. The first-order valence-corrected chi connectivity index (χ1v) is 6.98. The molecule has 0 aliphatic carbocycles. The summed E-state index contributed by atoms with van der Waals surface area (Å²) < 4.78 is 6.47. The van der Waals surface area contributed by atoms with Gasteiger partial charge in [-0.3, -0.25) is 4.79 Å². The molecule has 0 radical (unpaired) electrons. The van der Waals surface area contributed by atoms with Gasteiger partial charge in [-0.05, 0) is 28.1 Å². The predicted molar refractivity (Wildman–Crippen MR) is 77.8 cm³/mol.